The molecule has 0 aliphatic carbocycles. The molecule has 11 heavy (non-hydrogen) atoms. The summed E-state index contributed by atoms with van der Waals surface area (Å²) in [6.45, 7) is 8.33. The average molecular weight is 306 g/mol. The number of hydrogen-bond donors (Lipinski definition) is 1. The predicted molar refractivity (Wildman–Crippen MR) is 44.6 cm³/mol. The largest absolute Gasteiger partial charge is 0.384 e. The molecule has 0 fully saturated rings. The van der Waals surface area contributed by atoms with Crippen LogP contribution in [0, 0.1) is 38.2 Å². The minimum absolute atomic E-state index is 0. The molecule has 0 aliphatic rings. The van der Waals surface area contributed by atoms with Gasteiger partial charge < -0.3 is 5.11 Å². The zero-order valence-corrected chi connectivity index (χ0v) is 9.65. The Balaban J connectivity index is 0. The molecule has 0 rings (SSSR count). The van der Waals surface area contributed by atoms with Gasteiger partial charge in [-0.2, -0.15) is 0 Å². The molecule has 0 bridgehead atoms. The van der Waals surface area contributed by atoms with Crippen LogP contribution >= 0.6 is 0 Å². The Kier molecular flexibility index (Phi) is 8.42. The van der Waals surface area contributed by atoms with Crippen LogP contribution in [0.2, 0.25) is 0 Å². The number of aliphatic hydroxyl groups is 1. The first kappa shape index (κ1) is 14.4. The van der Waals surface area contributed by atoms with E-state index < -0.39 is 5.60 Å². The van der Waals surface area contributed by atoms with E-state index in [0.717, 1.165) is 18.7 Å². The fourth-order valence-electron chi connectivity index (χ4n) is 0.663. The van der Waals surface area contributed by atoms with Gasteiger partial charge in [-0.25, -0.2) is 0 Å². The van der Waals surface area contributed by atoms with Gasteiger partial charge in [0.2, 0.25) is 0 Å². The Morgan fingerprint density at radius 1 is 1.45 bits per heavy atom. The second kappa shape index (κ2) is 6.42. The van der Waals surface area contributed by atoms with E-state index in [1.807, 2.05) is 20.8 Å². The number of rotatable bonds is 3. The molecule has 0 aromatic carbocycles. The van der Waals surface area contributed by atoms with Crippen LogP contribution in [0.3, 0.4) is 0 Å². The molecular formula is C8H17DyNO. The monoisotopic (exact) mass is 307 g/mol. The summed E-state index contributed by atoms with van der Waals surface area (Å²) in [7, 11) is 0. The maximum atomic E-state index is 9.59. The first-order valence-electron chi connectivity index (χ1n) is 3.78. The normalized spacial score (nSPS) is 17.0. The van der Waals surface area contributed by atoms with Crippen molar-refractivity contribution in [1.82, 2.24) is 0 Å². The van der Waals surface area contributed by atoms with E-state index in [1.54, 1.807) is 6.92 Å². The quantitative estimate of drug-likeness (QED) is 0.790. The first-order chi connectivity index (χ1) is 4.54. The molecule has 0 saturated heterocycles. The molecule has 2 nitrogen and oxygen atoms in total. The maximum Gasteiger partial charge on any atom is 0.0988 e. The summed E-state index contributed by atoms with van der Waals surface area (Å²) < 4.78 is 0. The van der Waals surface area contributed by atoms with Crippen molar-refractivity contribution in [3.8, 4) is 0 Å². The van der Waals surface area contributed by atoms with Crippen molar-refractivity contribution in [1.29, 1.82) is 0 Å². The molecule has 1 atom stereocenters. The van der Waals surface area contributed by atoms with Crippen LogP contribution in [-0.2, 0) is 0 Å². The van der Waals surface area contributed by atoms with Crippen molar-refractivity contribution < 1.29 is 43.3 Å². The van der Waals surface area contributed by atoms with Crippen molar-refractivity contribution in [2.45, 2.75) is 39.7 Å². The number of nitrogens with zero attached hydrogens (tertiary/aromatic N) is 1. The zero-order valence-electron chi connectivity index (χ0n) is 7.62. The van der Waals surface area contributed by atoms with E-state index in [2.05, 4.69) is 4.99 Å². The standard InChI is InChI=1S/C8H17NO.Dy/c1-5-8(4,10)7(3)9-6-2;/h10H,5-6H2,1-4H3;. The van der Waals surface area contributed by atoms with Gasteiger partial charge in [-0.1, -0.05) is 6.92 Å². The predicted octanol–water partition coefficient (Wildman–Crippen LogP) is 1.63. The van der Waals surface area contributed by atoms with E-state index in [0.29, 0.717) is 0 Å². The summed E-state index contributed by atoms with van der Waals surface area (Å²) in [4.78, 5) is 4.13. The number of hydrogen-bond acceptors (Lipinski definition) is 2. The van der Waals surface area contributed by atoms with Crippen LogP contribution in [0.5, 0.6) is 0 Å². The van der Waals surface area contributed by atoms with E-state index in [9.17, 15) is 5.11 Å². The molecule has 3 heteroatoms. The van der Waals surface area contributed by atoms with Crippen LogP contribution in [-0.4, -0.2) is 23.0 Å². The summed E-state index contributed by atoms with van der Waals surface area (Å²) >= 11 is 0. The van der Waals surface area contributed by atoms with Crippen LogP contribution < -0.4 is 0 Å². The Bertz CT molecular complexity index is 132. The summed E-state index contributed by atoms with van der Waals surface area (Å²) in [5.74, 6) is 0. The van der Waals surface area contributed by atoms with E-state index in [4.69, 9.17) is 0 Å². The van der Waals surface area contributed by atoms with E-state index >= 15 is 0 Å². The topological polar surface area (TPSA) is 32.6 Å². The molecule has 0 amide bonds. The second-order valence-corrected chi connectivity index (χ2v) is 2.69. The van der Waals surface area contributed by atoms with Crippen molar-refractivity contribution >= 4 is 5.71 Å². The molecule has 0 aromatic rings. The minimum atomic E-state index is -0.698. The van der Waals surface area contributed by atoms with Crippen molar-refractivity contribution in [3.63, 3.8) is 0 Å². The molecule has 0 saturated carbocycles. The van der Waals surface area contributed by atoms with Gasteiger partial charge in [0.1, 0.15) is 0 Å². The molecule has 0 aliphatic heterocycles. The Morgan fingerprint density at radius 3 is 2.18 bits per heavy atom. The van der Waals surface area contributed by atoms with Crippen LogP contribution in [0.4, 0.5) is 0 Å². The molecular weight excluding hydrogens is 289 g/mol. The average Bonchev–Trinajstić information content (AvgIpc) is 1.89. The molecule has 0 spiro atoms. The first-order valence-corrected chi connectivity index (χ1v) is 3.78. The Labute approximate surface area is 99.5 Å². The maximum absolute atomic E-state index is 9.59. The van der Waals surface area contributed by atoms with Crippen molar-refractivity contribution in [2.75, 3.05) is 6.54 Å². The van der Waals surface area contributed by atoms with E-state index in [-0.39, 0.29) is 38.2 Å². The summed E-state index contributed by atoms with van der Waals surface area (Å²) in [5.41, 5.74) is 0.133. The molecule has 0 aromatic heterocycles. The van der Waals surface area contributed by atoms with Gasteiger partial charge in [-0.3, -0.25) is 4.99 Å². The molecule has 0 heterocycles. The molecule has 70 valence electrons. The Morgan fingerprint density at radius 2 is 1.91 bits per heavy atom. The minimum Gasteiger partial charge on any atom is -0.384 e. The SMILES string of the molecule is CCN=C(C)C(C)(O)CC.[Dy]. The van der Waals surface area contributed by atoms with Gasteiger partial charge in [0, 0.05) is 50.4 Å². The third-order valence-electron chi connectivity index (χ3n) is 1.86. The molecule has 1 unspecified atom stereocenters. The van der Waals surface area contributed by atoms with Crippen molar-refractivity contribution in [2.24, 2.45) is 4.99 Å². The summed E-state index contributed by atoms with van der Waals surface area (Å²) in [6, 6.07) is 0. The molecule has 1 N–H and O–H groups in total. The van der Waals surface area contributed by atoms with Gasteiger partial charge in [0.05, 0.1) is 5.60 Å². The van der Waals surface area contributed by atoms with Gasteiger partial charge in [0.25, 0.3) is 0 Å². The fourth-order valence-corrected chi connectivity index (χ4v) is 0.663. The van der Waals surface area contributed by atoms with E-state index in [1.165, 1.54) is 0 Å². The third kappa shape index (κ3) is 5.19. The van der Waals surface area contributed by atoms with Gasteiger partial charge in [0.15, 0.2) is 0 Å². The smallest absolute Gasteiger partial charge is 0.0988 e. The zero-order chi connectivity index (χ0) is 8.20. The summed E-state index contributed by atoms with van der Waals surface area (Å²) in [5, 5.41) is 9.59. The second-order valence-electron chi connectivity index (χ2n) is 2.69. The molecule has 0 radical (unpaired) electrons. The third-order valence-corrected chi connectivity index (χ3v) is 1.86. The van der Waals surface area contributed by atoms with Crippen LogP contribution in [0.15, 0.2) is 4.99 Å². The van der Waals surface area contributed by atoms with Crippen molar-refractivity contribution in [3.05, 3.63) is 0 Å². The van der Waals surface area contributed by atoms with Gasteiger partial charge >= 0.3 is 0 Å². The van der Waals surface area contributed by atoms with Crippen LogP contribution in [0.25, 0.3) is 0 Å². The number of aliphatic imine (C=N–C) groups is 1. The van der Waals surface area contributed by atoms with Crippen LogP contribution in [0.1, 0.15) is 34.1 Å². The fraction of sp³-hybridized carbons (Fsp3) is 0.875. The summed E-state index contributed by atoms with van der Waals surface area (Å²) in [6.07, 6.45) is 0.725. The Hall–Kier alpha value is 0.903. The van der Waals surface area contributed by atoms with Gasteiger partial charge in [-0.05, 0) is 27.2 Å². The van der Waals surface area contributed by atoms with Gasteiger partial charge in [-0.15, -0.1) is 0 Å².